The van der Waals surface area contributed by atoms with E-state index in [1.165, 1.54) is 0 Å². The second-order valence-corrected chi connectivity index (χ2v) is 6.04. The molecule has 0 aliphatic carbocycles. The van der Waals surface area contributed by atoms with Gasteiger partial charge in [-0.05, 0) is 11.6 Å². The van der Waals surface area contributed by atoms with Crippen molar-refractivity contribution in [2.75, 3.05) is 19.8 Å². The molecule has 8 nitrogen and oxygen atoms in total. The van der Waals surface area contributed by atoms with Crippen molar-refractivity contribution in [1.82, 2.24) is 15.1 Å². The summed E-state index contributed by atoms with van der Waals surface area (Å²) in [6.07, 6.45) is -0.500. The molecule has 1 amide bonds. The minimum absolute atomic E-state index is 0.268. The molecule has 0 bridgehead atoms. The van der Waals surface area contributed by atoms with Gasteiger partial charge in [-0.15, -0.1) is 10.2 Å². The highest BCUT2D eigenvalue weighted by atomic mass is 16.5. The number of cyclic esters (lactones) is 1. The zero-order valence-electron chi connectivity index (χ0n) is 13.7. The van der Waals surface area contributed by atoms with E-state index in [0.717, 1.165) is 5.56 Å². The standard InChI is InChI=1S/C17H17N3O5/c1-10-18-19-15(24-10)13-9-23-7-6-20(13)16(21)14-8-11-4-2-3-5-12(11)17(22)25-14/h2-5,13-14H,6-9H2,1H3. The number of aryl methyl sites for hydroxylation is 1. The summed E-state index contributed by atoms with van der Waals surface area (Å²) in [6.45, 7) is 2.74. The lowest BCUT2D eigenvalue weighted by Crippen LogP contribution is -2.50. The lowest BCUT2D eigenvalue weighted by atomic mass is 9.97. The minimum Gasteiger partial charge on any atom is -0.448 e. The van der Waals surface area contributed by atoms with Crippen molar-refractivity contribution in [3.05, 3.63) is 47.2 Å². The summed E-state index contributed by atoms with van der Waals surface area (Å²) in [5.74, 6) is 0.00438. The topological polar surface area (TPSA) is 94.8 Å². The number of fused-ring (bicyclic) bond motifs is 1. The van der Waals surface area contributed by atoms with Crippen molar-refractivity contribution in [3.63, 3.8) is 0 Å². The molecule has 130 valence electrons. The summed E-state index contributed by atoms with van der Waals surface area (Å²) in [5, 5.41) is 7.81. The lowest BCUT2D eigenvalue weighted by Gasteiger charge is -2.36. The fourth-order valence-corrected chi connectivity index (χ4v) is 3.17. The maximum absolute atomic E-state index is 13.0. The summed E-state index contributed by atoms with van der Waals surface area (Å²) in [4.78, 5) is 26.8. The average molecular weight is 343 g/mol. The number of aromatic nitrogens is 2. The highest BCUT2D eigenvalue weighted by Crippen LogP contribution is 2.27. The molecule has 8 heteroatoms. The van der Waals surface area contributed by atoms with Crippen LogP contribution in [0.2, 0.25) is 0 Å². The van der Waals surface area contributed by atoms with Gasteiger partial charge in [-0.2, -0.15) is 0 Å². The Labute approximate surface area is 143 Å². The highest BCUT2D eigenvalue weighted by molar-refractivity contribution is 5.95. The SMILES string of the molecule is Cc1nnc(C2COCCN2C(=O)C2Cc3ccccc3C(=O)O2)o1. The van der Waals surface area contributed by atoms with E-state index in [1.54, 1.807) is 24.0 Å². The van der Waals surface area contributed by atoms with Gasteiger partial charge in [0, 0.05) is 19.9 Å². The van der Waals surface area contributed by atoms with Gasteiger partial charge < -0.3 is 18.8 Å². The zero-order valence-corrected chi connectivity index (χ0v) is 13.7. The number of carbonyl (C=O) groups is 2. The van der Waals surface area contributed by atoms with Crippen LogP contribution in [-0.4, -0.2) is 52.8 Å². The van der Waals surface area contributed by atoms with Crippen molar-refractivity contribution in [3.8, 4) is 0 Å². The molecule has 1 aromatic heterocycles. The van der Waals surface area contributed by atoms with Gasteiger partial charge >= 0.3 is 5.97 Å². The first kappa shape index (κ1) is 15.8. The number of nitrogens with zero attached hydrogens (tertiary/aromatic N) is 3. The molecule has 2 atom stereocenters. The summed E-state index contributed by atoms with van der Waals surface area (Å²) in [6, 6.07) is 6.69. The van der Waals surface area contributed by atoms with E-state index in [4.69, 9.17) is 13.9 Å². The number of morpholine rings is 1. The van der Waals surface area contributed by atoms with Crippen LogP contribution in [0.3, 0.4) is 0 Å². The Morgan fingerprint density at radius 3 is 2.92 bits per heavy atom. The van der Waals surface area contributed by atoms with E-state index in [2.05, 4.69) is 10.2 Å². The first-order valence-corrected chi connectivity index (χ1v) is 8.10. The van der Waals surface area contributed by atoms with Gasteiger partial charge in [-0.1, -0.05) is 18.2 Å². The quantitative estimate of drug-likeness (QED) is 0.752. The molecule has 2 unspecified atom stereocenters. The van der Waals surface area contributed by atoms with Crippen LogP contribution in [0.25, 0.3) is 0 Å². The van der Waals surface area contributed by atoms with Crippen LogP contribution in [0.5, 0.6) is 0 Å². The van der Waals surface area contributed by atoms with Gasteiger partial charge in [0.25, 0.3) is 5.91 Å². The Hall–Kier alpha value is -2.74. The predicted octanol–water partition coefficient (Wildman–Crippen LogP) is 1.06. The maximum Gasteiger partial charge on any atom is 0.339 e. The second-order valence-electron chi connectivity index (χ2n) is 6.04. The Kier molecular flexibility index (Phi) is 3.96. The third kappa shape index (κ3) is 2.89. The van der Waals surface area contributed by atoms with Crippen molar-refractivity contribution in [2.24, 2.45) is 0 Å². The van der Waals surface area contributed by atoms with Gasteiger partial charge in [0.05, 0.1) is 18.8 Å². The normalized spacial score (nSPS) is 23.1. The van der Waals surface area contributed by atoms with Gasteiger partial charge in [-0.25, -0.2) is 4.79 Å². The number of benzene rings is 1. The van der Waals surface area contributed by atoms with Crippen LogP contribution in [0.15, 0.2) is 28.7 Å². The molecule has 25 heavy (non-hydrogen) atoms. The summed E-state index contributed by atoms with van der Waals surface area (Å²) in [5.41, 5.74) is 1.33. The van der Waals surface area contributed by atoms with Crippen LogP contribution >= 0.6 is 0 Å². The molecular formula is C17H17N3O5. The summed E-state index contributed by atoms with van der Waals surface area (Å²) < 4.78 is 16.3. The molecule has 1 saturated heterocycles. The molecule has 0 spiro atoms. The van der Waals surface area contributed by atoms with E-state index in [9.17, 15) is 9.59 Å². The lowest BCUT2D eigenvalue weighted by molar-refractivity contribution is -0.151. The third-order valence-corrected chi connectivity index (χ3v) is 4.41. The van der Waals surface area contributed by atoms with E-state index >= 15 is 0 Å². The van der Waals surface area contributed by atoms with E-state index in [1.807, 2.05) is 12.1 Å². The minimum atomic E-state index is -0.855. The maximum atomic E-state index is 13.0. The van der Waals surface area contributed by atoms with E-state index in [0.29, 0.717) is 36.9 Å². The third-order valence-electron chi connectivity index (χ3n) is 4.41. The molecule has 0 saturated carbocycles. The van der Waals surface area contributed by atoms with E-state index < -0.39 is 18.1 Å². The molecule has 0 N–H and O–H groups in total. The number of carbonyl (C=O) groups excluding carboxylic acids is 2. The van der Waals surface area contributed by atoms with E-state index in [-0.39, 0.29) is 12.5 Å². The van der Waals surface area contributed by atoms with Gasteiger partial charge in [0.1, 0.15) is 6.04 Å². The van der Waals surface area contributed by atoms with Crippen molar-refractivity contribution in [2.45, 2.75) is 25.5 Å². The summed E-state index contributed by atoms with van der Waals surface area (Å²) in [7, 11) is 0. The van der Waals surface area contributed by atoms with Crippen molar-refractivity contribution in [1.29, 1.82) is 0 Å². The zero-order chi connectivity index (χ0) is 17.4. The largest absolute Gasteiger partial charge is 0.448 e. The van der Waals surface area contributed by atoms with Crippen molar-refractivity contribution < 1.29 is 23.5 Å². The highest BCUT2D eigenvalue weighted by Gasteiger charge is 2.39. The Morgan fingerprint density at radius 2 is 2.12 bits per heavy atom. The molecule has 2 aliphatic heterocycles. The van der Waals surface area contributed by atoms with Crippen LogP contribution < -0.4 is 0 Å². The van der Waals surface area contributed by atoms with Gasteiger partial charge in [0.15, 0.2) is 6.10 Å². The molecule has 2 aromatic rings. The Balaban J connectivity index is 1.58. The average Bonchev–Trinajstić information content (AvgIpc) is 3.07. The monoisotopic (exact) mass is 343 g/mol. The number of hydrogen-bond donors (Lipinski definition) is 0. The first-order chi connectivity index (χ1) is 12.1. The fraction of sp³-hybridized carbons (Fsp3) is 0.412. The molecular weight excluding hydrogens is 326 g/mol. The number of amides is 1. The summed E-state index contributed by atoms with van der Waals surface area (Å²) >= 11 is 0. The molecule has 0 radical (unpaired) electrons. The number of rotatable bonds is 2. The molecule has 2 aliphatic rings. The number of ether oxygens (including phenoxy) is 2. The fourth-order valence-electron chi connectivity index (χ4n) is 3.17. The van der Waals surface area contributed by atoms with Crippen molar-refractivity contribution >= 4 is 11.9 Å². The van der Waals surface area contributed by atoms with Crippen LogP contribution in [0, 0.1) is 6.92 Å². The molecule has 3 heterocycles. The van der Waals surface area contributed by atoms with Crippen LogP contribution in [0.4, 0.5) is 0 Å². The van der Waals surface area contributed by atoms with Crippen LogP contribution in [0.1, 0.15) is 33.7 Å². The number of esters is 1. The van der Waals surface area contributed by atoms with Gasteiger partial charge in [-0.3, -0.25) is 4.79 Å². The molecule has 1 aromatic carbocycles. The Bertz CT molecular complexity index is 818. The number of hydrogen-bond acceptors (Lipinski definition) is 7. The van der Waals surface area contributed by atoms with Gasteiger partial charge in [0.2, 0.25) is 11.8 Å². The Morgan fingerprint density at radius 1 is 1.28 bits per heavy atom. The molecule has 1 fully saturated rings. The molecule has 4 rings (SSSR count). The predicted molar refractivity (Wildman–Crippen MR) is 83.7 cm³/mol. The second kappa shape index (κ2) is 6.29. The first-order valence-electron chi connectivity index (χ1n) is 8.10. The van der Waals surface area contributed by atoms with Crippen LogP contribution in [-0.2, 0) is 20.7 Å². The smallest absolute Gasteiger partial charge is 0.339 e.